The van der Waals surface area contributed by atoms with E-state index in [0.717, 1.165) is 0 Å². The largest absolute Gasteiger partial charge is 0.545 e. The number of carbonyl (C=O) groups excluding carboxylic acids is 2. The van der Waals surface area contributed by atoms with Crippen molar-refractivity contribution in [1.82, 2.24) is 0 Å². The highest BCUT2D eigenvalue weighted by molar-refractivity contribution is 6.09. The van der Waals surface area contributed by atoms with Crippen molar-refractivity contribution in [3.8, 4) is 6.07 Å². The molecule has 0 aliphatic heterocycles. The first kappa shape index (κ1) is 15.0. The lowest BCUT2D eigenvalue weighted by Crippen LogP contribution is -2.21. The van der Waals surface area contributed by atoms with E-state index in [1.165, 1.54) is 30.3 Å². The number of para-hydroxylation sites is 1. The van der Waals surface area contributed by atoms with Crippen LogP contribution in [0.5, 0.6) is 0 Å². The standard InChI is InChI=1S/C17H12N2O3/c18-11-14(16(20)19-15-4-2-1-3-5-15)10-12-6-8-13(9-7-12)17(21)22/h1-10H,(H,19,20)(H,21,22)/p-1/b14-10-. The predicted molar refractivity (Wildman–Crippen MR) is 79.4 cm³/mol. The fraction of sp³-hybridized carbons (Fsp3) is 0. The van der Waals surface area contributed by atoms with E-state index < -0.39 is 11.9 Å². The van der Waals surface area contributed by atoms with Crippen LogP contribution in [0, 0.1) is 11.3 Å². The molecule has 22 heavy (non-hydrogen) atoms. The van der Waals surface area contributed by atoms with Gasteiger partial charge in [-0.05, 0) is 29.3 Å². The van der Waals surface area contributed by atoms with Crippen LogP contribution in [0.15, 0.2) is 60.2 Å². The zero-order chi connectivity index (χ0) is 15.9. The molecule has 0 saturated heterocycles. The molecule has 5 heteroatoms. The van der Waals surface area contributed by atoms with Crippen LogP contribution in [0.4, 0.5) is 5.69 Å². The van der Waals surface area contributed by atoms with Gasteiger partial charge in [0.1, 0.15) is 11.6 Å². The first-order valence-corrected chi connectivity index (χ1v) is 6.40. The summed E-state index contributed by atoms with van der Waals surface area (Å²) < 4.78 is 0. The number of amides is 1. The average Bonchev–Trinajstić information content (AvgIpc) is 2.53. The average molecular weight is 291 g/mol. The number of carboxylic acids is 1. The molecule has 0 bridgehead atoms. The van der Waals surface area contributed by atoms with E-state index in [4.69, 9.17) is 5.26 Å². The minimum Gasteiger partial charge on any atom is -0.545 e. The van der Waals surface area contributed by atoms with E-state index in [1.807, 2.05) is 12.1 Å². The highest BCUT2D eigenvalue weighted by Gasteiger charge is 2.09. The predicted octanol–water partition coefficient (Wildman–Crippen LogP) is 1.60. The number of nitriles is 1. The summed E-state index contributed by atoms with van der Waals surface area (Å²) in [5.74, 6) is -1.81. The summed E-state index contributed by atoms with van der Waals surface area (Å²) in [4.78, 5) is 22.7. The van der Waals surface area contributed by atoms with E-state index in [-0.39, 0.29) is 11.1 Å². The van der Waals surface area contributed by atoms with Crippen molar-refractivity contribution in [2.24, 2.45) is 0 Å². The summed E-state index contributed by atoms with van der Waals surface area (Å²) in [6, 6.07) is 16.3. The number of carboxylic acid groups (broad SMARTS) is 1. The maximum Gasteiger partial charge on any atom is 0.266 e. The number of hydrogen-bond donors (Lipinski definition) is 1. The fourth-order valence-corrected chi connectivity index (χ4v) is 1.75. The quantitative estimate of drug-likeness (QED) is 0.684. The van der Waals surface area contributed by atoms with Gasteiger partial charge in [-0.3, -0.25) is 4.79 Å². The van der Waals surface area contributed by atoms with Crippen LogP contribution in [-0.2, 0) is 4.79 Å². The van der Waals surface area contributed by atoms with E-state index in [0.29, 0.717) is 11.3 Å². The second-order valence-corrected chi connectivity index (χ2v) is 4.40. The molecule has 1 amide bonds. The molecule has 0 aliphatic rings. The lowest BCUT2D eigenvalue weighted by Gasteiger charge is -2.04. The Morgan fingerprint density at radius 3 is 2.23 bits per heavy atom. The first-order valence-electron chi connectivity index (χ1n) is 6.40. The zero-order valence-corrected chi connectivity index (χ0v) is 11.4. The monoisotopic (exact) mass is 291 g/mol. The van der Waals surface area contributed by atoms with Crippen LogP contribution in [0.1, 0.15) is 15.9 Å². The van der Waals surface area contributed by atoms with Crippen LogP contribution < -0.4 is 10.4 Å². The number of carbonyl (C=O) groups is 2. The molecular weight excluding hydrogens is 280 g/mol. The van der Waals surface area contributed by atoms with Gasteiger partial charge in [0.2, 0.25) is 0 Å². The van der Waals surface area contributed by atoms with Crippen molar-refractivity contribution in [3.05, 3.63) is 71.3 Å². The number of anilines is 1. The van der Waals surface area contributed by atoms with E-state index in [1.54, 1.807) is 24.3 Å². The van der Waals surface area contributed by atoms with Gasteiger partial charge in [0, 0.05) is 5.69 Å². The number of hydrogen-bond acceptors (Lipinski definition) is 4. The topological polar surface area (TPSA) is 93.0 Å². The maximum atomic E-state index is 12.0. The third-order valence-corrected chi connectivity index (χ3v) is 2.85. The summed E-state index contributed by atoms with van der Waals surface area (Å²) in [6.07, 6.45) is 1.39. The molecule has 0 aliphatic carbocycles. The van der Waals surface area contributed by atoms with Crippen LogP contribution in [-0.4, -0.2) is 11.9 Å². The molecule has 0 radical (unpaired) electrons. The fourth-order valence-electron chi connectivity index (χ4n) is 1.75. The van der Waals surface area contributed by atoms with Crippen LogP contribution in [0.3, 0.4) is 0 Å². The van der Waals surface area contributed by atoms with Crippen LogP contribution >= 0.6 is 0 Å². The summed E-state index contributed by atoms with van der Waals surface area (Å²) in [5, 5.41) is 22.4. The molecule has 0 unspecified atom stereocenters. The Kier molecular flexibility index (Phi) is 4.68. The molecular formula is C17H11N2O3-. The molecule has 2 rings (SSSR count). The molecule has 0 aromatic heterocycles. The van der Waals surface area contributed by atoms with Crippen LogP contribution in [0.25, 0.3) is 6.08 Å². The zero-order valence-electron chi connectivity index (χ0n) is 11.4. The molecule has 0 fully saturated rings. The Balaban J connectivity index is 2.18. The molecule has 0 saturated carbocycles. The Morgan fingerprint density at radius 2 is 1.68 bits per heavy atom. The number of nitrogens with zero attached hydrogens (tertiary/aromatic N) is 1. The van der Waals surface area contributed by atoms with Gasteiger partial charge in [-0.15, -0.1) is 0 Å². The summed E-state index contributed by atoms with van der Waals surface area (Å²) in [6.45, 7) is 0. The summed E-state index contributed by atoms with van der Waals surface area (Å²) in [5.41, 5.74) is 1.08. The molecule has 2 aromatic rings. The lowest BCUT2D eigenvalue weighted by atomic mass is 10.1. The number of rotatable bonds is 4. The minimum absolute atomic E-state index is 0.0318. The highest BCUT2D eigenvalue weighted by atomic mass is 16.4. The molecule has 0 atom stereocenters. The molecule has 0 heterocycles. The van der Waals surface area contributed by atoms with Gasteiger partial charge in [0.05, 0.1) is 5.97 Å². The molecule has 108 valence electrons. The van der Waals surface area contributed by atoms with Gasteiger partial charge in [0.15, 0.2) is 0 Å². The SMILES string of the molecule is N#C/C(=C/c1ccc(C(=O)[O-])cc1)C(=O)Nc1ccccc1. The van der Waals surface area contributed by atoms with Gasteiger partial charge < -0.3 is 15.2 Å². The maximum absolute atomic E-state index is 12.0. The van der Waals surface area contributed by atoms with E-state index in [9.17, 15) is 14.7 Å². The van der Waals surface area contributed by atoms with Gasteiger partial charge >= 0.3 is 0 Å². The third-order valence-electron chi connectivity index (χ3n) is 2.85. The summed E-state index contributed by atoms with van der Waals surface area (Å²) in [7, 11) is 0. The van der Waals surface area contributed by atoms with Crippen LogP contribution in [0.2, 0.25) is 0 Å². The molecule has 1 N–H and O–H groups in total. The van der Waals surface area contributed by atoms with Gasteiger partial charge in [-0.25, -0.2) is 0 Å². The van der Waals surface area contributed by atoms with Crippen molar-refractivity contribution in [3.63, 3.8) is 0 Å². The van der Waals surface area contributed by atoms with Gasteiger partial charge in [0.25, 0.3) is 5.91 Å². The Bertz CT molecular complexity index is 757. The third kappa shape index (κ3) is 3.81. The Hall–Kier alpha value is -3.39. The Labute approximate surface area is 127 Å². The van der Waals surface area contributed by atoms with Crippen molar-refractivity contribution >= 4 is 23.6 Å². The van der Waals surface area contributed by atoms with E-state index in [2.05, 4.69) is 5.32 Å². The minimum atomic E-state index is -1.28. The number of nitrogens with one attached hydrogen (secondary N) is 1. The van der Waals surface area contributed by atoms with E-state index >= 15 is 0 Å². The molecule has 0 spiro atoms. The number of aromatic carboxylic acids is 1. The van der Waals surface area contributed by atoms with Crippen molar-refractivity contribution in [1.29, 1.82) is 5.26 Å². The highest BCUT2D eigenvalue weighted by Crippen LogP contribution is 2.11. The van der Waals surface area contributed by atoms with Crippen molar-refractivity contribution < 1.29 is 14.7 Å². The first-order chi connectivity index (χ1) is 10.6. The molecule has 2 aromatic carbocycles. The van der Waals surface area contributed by atoms with Crippen molar-refractivity contribution in [2.45, 2.75) is 0 Å². The second kappa shape index (κ2) is 6.86. The number of benzene rings is 2. The smallest absolute Gasteiger partial charge is 0.266 e. The van der Waals surface area contributed by atoms with Gasteiger partial charge in [-0.1, -0.05) is 42.5 Å². The Morgan fingerprint density at radius 1 is 1.05 bits per heavy atom. The molecule has 5 nitrogen and oxygen atoms in total. The van der Waals surface area contributed by atoms with Crippen molar-refractivity contribution in [2.75, 3.05) is 5.32 Å². The summed E-state index contributed by atoms with van der Waals surface area (Å²) >= 11 is 0. The normalized spacial score (nSPS) is 10.6. The van der Waals surface area contributed by atoms with Gasteiger partial charge in [-0.2, -0.15) is 5.26 Å². The second-order valence-electron chi connectivity index (χ2n) is 4.40. The lowest BCUT2D eigenvalue weighted by molar-refractivity contribution is -0.255.